The summed E-state index contributed by atoms with van der Waals surface area (Å²) in [5.74, 6) is -0.465. The van der Waals surface area contributed by atoms with Crippen LogP contribution in [0.5, 0.6) is 0 Å². The molecule has 0 rings (SSSR count). The van der Waals surface area contributed by atoms with Crippen LogP contribution in [-0.2, 0) is 19.0 Å². The minimum atomic E-state index is -0.465. The van der Waals surface area contributed by atoms with Crippen molar-refractivity contribution in [2.45, 2.75) is 20.0 Å². The smallest absolute Gasteiger partial charge is 0.243 e. The first-order valence-corrected chi connectivity index (χ1v) is 4.68. The van der Waals surface area contributed by atoms with Crippen molar-refractivity contribution in [1.29, 1.82) is 0 Å². The number of hydrogen-bond acceptors (Lipinski definition) is 4. The molecule has 2 N–H and O–H groups in total. The Morgan fingerprint density at radius 1 is 1.14 bits per heavy atom. The van der Waals surface area contributed by atoms with E-state index in [0.717, 1.165) is 0 Å². The quantitative estimate of drug-likeness (QED) is 0.535. The molecule has 0 aliphatic heterocycles. The number of primary amides is 1. The van der Waals surface area contributed by atoms with Gasteiger partial charge in [-0.1, -0.05) is 0 Å². The summed E-state index contributed by atoms with van der Waals surface area (Å²) in [6, 6.07) is 0. The van der Waals surface area contributed by atoms with Gasteiger partial charge < -0.3 is 19.9 Å². The molecule has 1 amide bonds. The van der Waals surface area contributed by atoms with E-state index in [0.29, 0.717) is 26.4 Å². The molecule has 0 spiro atoms. The molecule has 0 aliphatic rings. The number of carbonyl (C=O) groups excluding carboxylic acids is 1. The topological polar surface area (TPSA) is 70.8 Å². The van der Waals surface area contributed by atoms with Crippen molar-refractivity contribution in [1.82, 2.24) is 0 Å². The molecule has 0 saturated carbocycles. The van der Waals surface area contributed by atoms with Gasteiger partial charge >= 0.3 is 0 Å². The molecule has 0 unspecified atom stereocenters. The van der Waals surface area contributed by atoms with Crippen LogP contribution >= 0.6 is 0 Å². The van der Waals surface area contributed by atoms with Gasteiger partial charge in [-0.25, -0.2) is 0 Å². The lowest BCUT2D eigenvalue weighted by Gasteiger charge is -2.07. The van der Waals surface area contributed by atoms with Gasteiger partial charge in [-0.05, 0) is 13.8 Å². The minimum Gasteiger partial charge on any atom is -0.377 e. The number of nitrogens with two attached hydrogens (primary N) is 1. The fraction of sp³-hybridized carbons (Fsp3) is 0.889. The van der Waals surface area contributed by atoms with E-state index in [1.54, 1.807) is 0 Å². The predicted octanol–water partition coefficient (Wildman–Crippen LogP) is -0.0701. The summed E-state index contributed by atoms with van der Waals surface area (Å²) in [7, 11) is 0. The Morgan fingerprint density at radius 2 is 1.71 bits per heavy atom. The maximum absolute atomic E-state index is 10.2. The molecule has 0 heterocycles. The molecule has 14 heavy (non-hydrogen) atoms. The summed E-state index contributed by atoms with van der Waals surface area (Å²) in [4.78, 5) is 10.2. The van der Waals surface area contributed by atoms with Gasteiger partial charge in [0, 0.05) is 0 Å². The molecule has 0 aromatic carbocycles. The number of amides is 1. The van der Waals surface area contributed by atoms with E-state index in [1.807, 2.05) is 13.8 Å². The summed E-state index contributed by atoms with van der Waals surface area (Å²) in [5, 5.41) is 0. The van der Waals surface area contributed by atoms with E-state index in [-0.39, 0.29) is 12.7 Å². The number of carbonyl (C=O) groups is 1. The molecule has 0 aromatic heterocycles. The van der Waals surface area contributed by atoms with Crippen molar-refractivity contribution >= 4 is 5.91 Å². The summed E-state index contributed by atoms with van der Waals surface area (Å²) >= 11 is 0. The molecule has 0 aromatic rings. The molecule has 0 aliphatic carbocycles. The lowest BCUT2D eigenvalue weighted by molar-refractivity contribution is -0.123. The highest BCUT2D eigenvalue weighted by Crippen LogP contribution is 1.87. The van der Waals surface area contributed by atoms with Gasteiger partial charge in [-0.2, -0.15) is 0 Å². The lowest BCUT2D eigenvalue weighted by atomic mass is 10.5. The third-order valence-electron chi connectivity index (χ3n) is 1.30. The Balaban J connectivity index is 2.96. The molecule has 0 saturated heterocycles. The average molecular weight is 205 g/mol. The Hall–Kier alpha value is -0.650. The van der Waals surface area contributed by atoms with Crippen molar-refractivity contribution in [2.24, 2.45) is 5.73 Å². The first kappa shape index (κ1) is 13.4. The monoisotopic (exact) mass is 205 g/mol. The Labute approximate surface area is 84.5 Å². The second-order valence-electron chi connectivity index (χ2n) is 3.05. The second-order valence-corrected chi connectivity index (χ2v) is 3.05. The van der Waals surface area contributed by atoms with E-state index >= 15 is 0 Å². The van der Waals surface area contributed by atoms with Crippen LogP contribution in [-0.4, -0.2) is 45.0 Å². The van der Waals surface area contributed by atoms with Crippen molar-refractivity contribution in [2.75, 3.05) is 33.0 Å². The number of ether oxygens (including phenoxy) is 3. The Kier molecular flexibility index (Phi) is 8.51. The molecule has 0 bridgehead atoms. The number of hydrogen-bond donors (Lipinski definition) is 1. The predicted molar refractivity (Wildman–Crippen MR) is 51.9 cm³/mol. The first-order valence-electron chi connectivity index (χ1n) is 4.68. The number of rotatable bonds is 9. The van der Waals surface area contributed by atoms with Gasteiger partial charge in [0.05, 0.1) is 32.5 Å². The highest BCUT2D eigenvalue weighted by Gasteiger charge is 1.95. The molecule has 84 valence electrons. The van der Waals surface area contributed by atoms with Crippen LogP contribution in [0.1, 0.15) is 13.8 Å². The van der Waals surface area contributed by atoms with Gasteiger partial charge in [-0.3, -0.25) is 4.79 Å². The standard InChI is InChI=1S/C9H19NO4/c1-8(2)14-6-5-12-3-4-13-7-9(10)11/h8H,3-7H2,1-2H3,(H2,10,11). The van der Waals surface area contributed by atoms with E-state index in [1.165, 1.54) is 0 Å². The zero-order valence-corrected chi connectivity index (χ0v) is 8.82. The van der Waals surface area contributed by atoms with Gasteiger partial charge in [0.25, 0.3) is 0 Å². The Bertz CT molecular complexity index is 150. The maximum Gasteiger partial charge on any atom is 0.243 e. The Morgan fingerprint density at radius 3 is 2.29 bits per heavy atom. The van der Waals surface area contributed by atoms with E-state index < -0.39 is 5.91 Å². The summed E-state index contributed by atoms with van der Waals surface area (Å²) < 4.78 is 15.3. The first-order chi connectivity index (χ1) is 6.63. The SMILES string of the molecule is CC(C)OCCOCCOCC(N)=O. The van der Waals surface area contributed by atoms with Crippen LogP contribution in [0.25, 0.3) is 0 Å². The minimum absolute atomic E-state index is 0.0497. The zero-order chi connectivity index (χ0) is 10.8. The highest BCUT2D eigenvalue weighted by atomic mass is 16.5. The summed E-state index contributed by atoms with van der Waals surface area (Å²) in [6.07, 6.45) is 0.227. The molecule has 0 atom stereocenters. The van der Waals surface area contributed by atoms with Crippen LogP contribution in [0.4, 0.5) is 0 Å². The van der Waals surface area contributed by atoms with Crippen molar-refractivity contribution < 1.29 is 19.0 Å². The third kappa shape index (κ3) is 11.4. The molecular formula is C9H19NO4. The highest BCUT2D eigenvalue weighted by molar-refractivity contribution is 5.74. The van der Waals surface area contributed by atoms with Crippen LogP contribution in [0.15, 0.2) is 0 Å². The summed E-state index contributed by atoms with van der Waals surface area (Å²) in [5.41, 5.74) is 4.86. The summed E-state index contributed by atoms with van der Waals surface area (Å²) in [6.45, 7) is 5.84. The van der Waals surface area contributed by atoms with Gasteiger partial charge in [0.2, 0.25) is 5.91 Å². The largest absolute Gasteiger partial charge is 0.377 e. The van der Waals surface area contributed by atoms with Crippen LogP contribution < -0.4 is 5.73 Å². The maximum atomic E-state index is 10.2. The lowest BCUT2D eigenvalue weighted by Crippen LogP contribution is -2.20. The van der Waals surface area contributed by atoms with Crippen LogP contribution in [0.2, 0.25) is 0 Å². The third-order valence-corrected chi connectivity index (χ3v) is 1.30. The van der Waals surface area contributed by atoms with Crippen LogP contribution in [0, 0.1) is 0 Å². The average Bonchev–Trinajstić information content (AvgIpc) is 2.08. The zero-order valence-electron chi connectivity index (χ0n) is 8.82. The molecular weight excluding hydrogens is 186 g/mol. The molecule has 0 radical (unpaired) electrons. The van der Waals surface area contributed by atoms with Crippen molar-refractivity contribution in [3.63, 3.8) is 0 Å². The molecule has 5 heteroatoms. The van der Waals surface area contributed by atoms with Gasteiger partial charge in [0.15, 0.2) is 0 Å². The van der Waals surface area contributed by atoms with E-state index in [9.17, 15) is 4.79 Å². The van der Waals surface area contributed by atoms with Gasteiger partial charge in [-0.15, -0.1) is 0 Å². The molecule has 0 fully saturated rings. The fourth-order valence-electron chi connectivity index (χ4n) is 0.735. The van der Waals surface area contributed by atoms with Gasteiger partial charge in [0.1, 0.15) is 6.61 Å². The van der Waals surface area contributed by atoms with E-state index in [2.05, 4.69) is 0 Å². The van der Waals surface area contributed by atoms with Crippen molar-refractivity contribution in [3.05, 3.63) is 0 Å². The normalized spacial score (nSPS) is 10.8. The van der Waals surface area contributed by atoms with Crippen LogP contribution in [0.3, 0.4) is 0 Å². The second kappa shape index (κ2) is 8.93. The fourth-order valence-corrected chi connectivity index (χ4v) is 0.735. The molecule has 5 nitrogen and oxygen atoms in total. The van der Waals surface area contributed by atoms with Crippen molar-refractivity contribution in [3.8, 4) is 0 Å². The van der Waals surface area contributed by atoms with E-state index in [4.69, 9.17) is 19.9 Å².